The van der Waals surface area contributed by atoms with Gasteiger partial charge in [-0.25, -0.2) is 4.68 Å². The molecule has 3 aromatic heterocycles. The Hall–Kier alpha value is -3.53. The third-order valence-electron chi connectivity index (χ3n) is 4.92. The number of nitrogens with zero attached hydrogens (tertiary/aromatic N) is 3. The van der Waals surface area contributed by atoms with Crippen molar-refractivity contribution < 1.29 is 33.3 Å². The molecule has 3 aromatic rings. The lowest BCUT2D eigenvalue weighted by Gasteiger charge is -2.23. The number of carbonyl (C=O) groups is 3. The van der Waals surface area contributed by atoms with E-state index in [9.17, 15) is 14.4 Å². The van der Waals surface area contributed by atoms with Gasteiger partial charge < -0.3 is 18.9 Å². The lowest BCUT2D eigenvalue weighted by molar-refractivity contribution is -0.166. The maximum atomic E-state index is 12.0. The molecular formula is C23H21N3O7S2. The van der Waals surface area contributed by atoms with Gasteiger partial charge in [0.2, 0.25) is 0 Å². The zero-order chi connectivity index (χ0) is 24.9. The number of ether oxygens (including phenoxy) is 4. The molecule has 12 heteroatoms. The van der Waals surface area contributed by atoms with Crippen LogP contribution in [0.5, 0.6) is 0 Å². The zero-order valence-electron chi connectivity index (χ0n) is 19.0. The van der Waals surface area contributed by atoms with Gasteiger partial charge in [-0.3, -0.25) is 14.4 Å². The van der Waals surface area contributed by atoms with Gasteiger partial charge in [0, 0.05) is 42.7 Å². The van der Waals surface area contributed by atoms with Crippen molar-refractivity contribution >= 4 is 40.6 Å². The summed E-state index contributed by atoms with van der Waals surface area (Å²) in [5.41, 5.74) is 2.57. The fourth-order valence-corrected chi connectivity index (χ4v) is 4.77. The van der Waals surface area contributed by atoms with Gasteiger partial charge in [0.1, 0.15) is 24.1 Å². The molecule has 0 aliphatic carbocycles. The Kier molecular flexibility index (Phi) is 7.60. The molecular weight excluding hydrogens is 494 g/mol. The third kappa shape index (κ3) is 5.76. The van der Waals surface area contributed by atoms with Crippen LogP contribution < -0.4 is 0 Å². The molecule has 4 atom stereocenters. The van der Waals surface area contributed by atoms with Crippen molar-refractivity contribution in [3.63, 3.8) is 0 Å². The average molecular weight is 516 g/mol. The van der Waals surface area contributed by atoms with Crippen LogP contribution in [0.15, 0.2) is 33.7 Å². The first-order chi connectivity index (χ1) is 16.8. The highest BCUT2D eigenvalue weighted by atomic mass is 32.1. The maximum absolute atomic E-state index is 12.0. The molecule has 1 fully saturated rings. The Labute approximate surface area is 208 Å². The summed E-state index contributed by atoms with van der Waals surface area (Å²) in [4.78, 5) is 35.2. The summed E-state index contributed by atoms with van der Waals surface area (Å²) in [5, 5.41) is 16.2. The van der Waals surface area contributed by atoms with Crippen LogP contribution in [0.1, 0.15) is 38.3 Å². The van der Waals surface area contributed by atoms with Crippen LogP contribution in [-0.2, 0) is 33.3 Å². The van der Waals surface area contributed by atoms with Crippen LogP contribution in [0.25, 0.3) is 11.3 Å². The van der Waals surface area contributed by atoms with E-state index in [1.807, 2.05) is 33.7 Å². The second-order valence-corrected chi connectivity index (χ2v) is 9.08. The van der Waals surface area contributed by atoms with E-state index in [1.54, 1.807) is 0 Å². The molecule has 0 aromatic carbocycles. The van der Waals surface area contributed by atoms with Gasteiger partial charge in [0.25, 0.3) is 0 Å². The molecule has 10 nitrogen and oxygen atoms in total. The third-order valence-corrected chi connectivity index (χ3v) is 6.28. The Bertz CT molecular complexity index is 1260. The number of hydrogen-bond donors (Lipinski definition) is 0. The Morgan fingerprint density at radius 1 is 1.00 bits per heavy atom. The van der Waals surface area contributed by atoms with Crippen LogP contribution in [-0.4, -0.2) is 57.8 Å². The van der Waals surface area contributed by atoms with Crippen molar-refractivity contribution in [1.29, 1.82) is 0 Å². The first-order valence-corrected chi connectivity index (χ1v) is 12.4. The van der Waals surface area contributed by atoms with E-state index in [1.165, 1.54) is 48.1 Å². The molecule has 1 aliphatic rings. The summed E-state index contributed by atoms with van der Waals surface area (Å²) >= 11 is 3.01. The van der Waals surface area contributed by atoms with E-state index >= 15 is 0 Å². The maximum Gasteiger partial charge on any atom is 0.303 e. The Morgan fingerprint density at radius 3 is 2.34 bits per heavy atom. The van der Waals surface area contributed by atoms with Gasteiger partial charge in [-0.2, -0.15) is 22.7 Å². The van der Waals surface area contributed by atoms with Gasteiger partial charge in [0.15, 0.2) is 18.4 Å². The molecule has 4 unspecified atom stereocenters. The van der Waals surface area contributed by atoms with Crippen molar-refractivity contribution in [3.05, 3.63) is 44.9 Å². The predicted molar refractivity (Wildman–Crippen MR) is 125 cm³/mol. The van der Waals surface area contributed by atoms with E-state index in [-0.39, 0.29) is 6.61 Å². The number of hydrogen-bond acceptors (Lipinski definition) is 11. The summed E-state index contributed by atoms with van der Waals surface area (Å²) in [6.07, 6.45) is -4.10. The van der Waals surface area contributed by atoms with E-state index < -0.39 is 42.4 Å². The summed E-state index contributed by atoms with van der Waals surface area (Å²) in [7, 11) is 0. The summed E-state index contributed by atoms with van der Waals surface area (Å²) in [6, 6.07) is 3.77. The molecule has 4 rings (SSSR count). The Balaban J connectivity index is 1.78. The smallest absolute Gasteiger partial charge is 0.303 e. The van der Waals surface area contributed by atoms with Crippen molar-refractivity contribution in [2.45, 2.75) is 45.3 Å². The van der Waals surface area contributed by atoms with Crippen molar-refractivity contribution in [3.8, 4) is 23.1 Å². The van der Waals surface area contributed by atoms with Gasteiger partial charge in [0.05, 0.1) is 0 Å². The minimum absolute atomic E-state index is 0.219. The minimum atomic E-state index is -1.09. The summed E-state index contributed by atoms with van der Waals surface area (Å²) in [5.74, 6) is 4.44. The largest absolute Gasteiger partial charge is 0.463 e. The molecule has 0 bridgehead atoms. The van der Waals surface area contributed by atoms with Crippen molar-refractivity contribution in [2.75, 3.05) is 6.61 Å². The quantitative estimate of drug-likeness (QED) is 0.277. The molecule has 0 spiro atoms. The molecule has 4 heterocycles. The van der Waals surface area contributed by atoms with Crippen molar-refractivity contribution in [2.24, 2.45) is 0 Å². The molecule has 0 amide bonds. The van der Waals surface area contributed by atoms with Crippen LogP contribution in [0.2, 0.25) is 0 Å². The van der Waals surface area contributed by atoms with Gasteiger partial charge in [-0.15, -0.1) is 5.10 Å². The number of carbonyl (C=O) groups excluding carboxylic acids is 3. The lowest BCUT2D eigenvalue weighted by atomic mass is 10.1. The molecule has 0 N–H and O–H groups in total. The minimum Gasteiger partial charge on any atom is -0.463 e. The second kappa shape index (κ2) is 10.8. The molecule has 182 valence electrons. The molecule has 35 heavy (non-hydrogen) atoms. The van der Waals surface area contributed by atoms with Gasteiger partial charge >= 0.3 is 17.9 Å². The normalized spacial score (nSPS) is 21.1. The monoisotopic (exact) mass is 515 g/mol. The number of thiophene rings is 2. The van der Waals surface area contributed by atoms with E-state index in [2.05, 4.69) is 22.2 Å². The fraction of sp³-hybridized carbons (Fsp3) is 0.348. The predicted octanol–water partition coefficient (Wildman–Crippen LogP) is 2.79. The van der Waals surface area contributed by atoms with E-state index in [0.29, 0.717) is 11.4 Å². The SMILES string of the molecule is CC(=O)OCC1OC(n2nnc(-c3ccsc3)c2C#Cc2ccsc2)C(OC(C)=O)C1OC(C)=O. The lowest BCUT2D eigenvalue weighted by Crippen LogP contribution is -2.40. The number of esters is 3. The van der Waals surface area contributed by atoms with Crippen LogP contribution in [0.4, 0.5) is 0 Å². The molecule has 1 aliphatic heterocycles. The van der Waals surface area contributed by atoms with E-state index in [0.717, 1.165) is 11.1 Å². The fourth-order valence-electron chi connectivity index (χ4n) is 3.54. The summed E-state index contributed by atoms with van der Waals surface area (Å²) in [6.45, 7) is 3.49. The number of rotatable bonds is 6. The van der Waals surface area contributed by atoms with Crippen LogP contribution in [0, 0.1) is 11.8 Å². The second-order valence-electron chi connectivity index (χ2n) is 7.52. The summed E-state index contributed by atoms with van der Waals surface area (Å²) < 4.78 is 23.6. The van der Waals surface area contributed by atoms with Gasteiger partial charge in [-0.05, 0) is 28.8 Å². The molecule has 1 saturated heterocycles. The zero-order valence-corrected chi connectivity index (χ0v) is 20.6. The number of aromatic nitrogens is 3. The first-order valence-electron chi connectivity index (χ1n) is 10.5. The molecule has 0 saturated carbocycles. The van der Waals surface area contributed by atoms with E-state index in [4.69, 9.17) is 18.9 Å². The molecule has 0 radical (unpaired) electrons. The van der Waals surface area contributed by atoms with Crippen LogP contribution >= 0.6 is 22.7 Å². The van der Waals surface area contributed by atoms with Gasteiger partial charge in [-0.1, -0.05) is 11.1 Å². The first kappa shape index (κ1) is 24.6. The standard InChI is InChI=1S/C23H21N3O7S2/c1-13(27)30-10-19-21(31-14(2)28)22(32-15(3)29)23(33-19)26-18(5-4-16-6-8-34-11-16)20(24-25-26)17-7-9-35-12-17/h6-9,11-12,19,21-23H,10H2,1-3H3. The Morgan fingerprint density at radius 2 is 1.71 bits per heavy atom. The highest BCUT2D eigenvalue weighted by molar-refractivity contribution is 7.08. The topological polar surface area (TPSA) is 119 Å². The highest BCUT2D eigenvalue weighted by Gasteiger charge is 2.51. The van der Waals surface area contributed by atoms with Crippen LogP contribution in [0.3, 0.4) is 0 Å². The van der Waals surface area contributed by atoms with Crippen molar-refractivity contribution in [1.82, 2.24) is 15.0 Å². The average Bonchev–Trinajstić information content (AvgIpc) is 3.58. The highest BCUT2D eigenvalue weighted by Crippen LogP contribution is 2.36.